The van der Waals surface area contributed by atoms with Crippen molar-refractivity contribution in [1.82, 2.24) is 10.2 Å². The van der Waals surface area contributed by atoms with Crippen molar-refractivity contribution in [2.24, 2.45) is 11.1 Å². The standard InChI is InChI=1S/C18H21N3O8S2/c1-9(31(28)11-4-2-10(22)3-5-11)13(23)20-12-14(24)21-6-18(16(25)26,7-29-17(19)27)8-30-15(12)21/h2-5,9,12,15,22H,6-8H2,1H3,(H2,19,27)(H,20,23)(H,25,26)/t9?,12?,15-,18?,31?/m1/s1. The number of phenols is 1. The summed E-state index contributed by atoms with van der Waals surface area (Å²) in [7, 11) is -1.70. The lowest BCUT2D eigenvalue weighted by Crippen LogP contribution is -2.74. The van der Waals surface area contributed by atoms with E-state index in [2.05, 4.69) is 10.1 Å². The van der Waals surface area contributed by atoms with Gasteiger partial charge in [0, 0.05) is 17.2 Å². The highest BCUT2D eigenvalue weighted by molar-refractivity contribution is 8.00. The number of primary amides is 1. The Balaban J connectivity index is 1.62. The van der Waals surface area contributed by atoms with E-state index in [1.54, 1.807) is 0 Å². The second-order valence-corrected chi connectivity index (χ2v) is 10.2. The van der Waals surface area contributed by atoms with Crippen LogP contribution in [0.15, 0.2) is 29.2 Å². The van der Waals surface area contributed by atoms with E-state index >= 15 is 0 Å². The third-order valence-corrected chi connectivity index (χ3v) is 8.33. The monoisotopic (exact) mass is 471 g/mol. The number of benzene rings is 1. The average molecular weight is 472 g/mol. The van der Waals surface area contributed by atoms with Gasteiger partial charge in [-0.1, -0.05) is 0 Å². The van der Waals surface area contributed by atoms with Gasteiger partial charge in [-0.25, -0.2) is 4.79 Å². The van der Waals surface area contributed by atoms with Gasteiger partial charge in [0.15, 0.2) is 0 Å². The molecule has 0 saturated carbocycles. The van der Waals surface area contributed by atoms with Gasteiger partial charge in [0.25, 0.3) is 0 Å². The molecular weight excluding hydrogens is 450 g/mol. The first-order chi connectivity index (χ1) is 14.6. The predicted octanol–water partition coefficient (Wildman–Crippen LogP) is -0.545. The number of β-lactam (4-membered cyclic amide) rings is 1. The number of carboxylic acid groups (broad SMARTS) is 1. The Morgan fingerprint density at radius 1 is 1.39 bits per heavy atom. The Kier molecular flexibility index (Phi) is 6.46. The highest BCUT2D eigenvalue weighted by atomic mass is 32.2. The fourth-order valence-corrected chi connectivity index (χ4v) is 5.87. The molecule has 3 amide bonds. The Hall–Kier alpha value is -2.80. The number of nitrogens with one attached hydrogen (secondary N) is 1. The summed E-state index contributed by atoms with van der Waals surface area (Å²) in [5, 5.41) is 20.1. The lowest BCUT2D eigenvalue weighted by molar-refractivity contribution is -0.160. The van der Waals surface area contributed by atoms with E-state index in [9.17, 15) is 33.6 Å². The van der Waals surface area contributed by atoms with Crippen molar-refractivity contribution in [3.63, 3.8) is 0 Å². The van der Waals surface area contributed by atoms with Crippen LogP contribution < -0.4 is 11.1 Å². The molecule has 0 aromatic heterocycles. The SMILES string of the molecule is CC(C(=O)NC1C(=O)N2CC(COC(N)=O)(C(=O)O)CS[C@H]12)S(=O)c1ccc(O)cc1. The zero-order valence-electron chi connectivity index (χ0n) is 16.3. The number of carbonyl (C=O) groups excluding carboxylic acids is 3. The van der Waals surface area contributed by atoms with Crippen LogP contribution in [-0.2, 0) is 29.9 Å². The van der Waals surface area contributed by atoms with Crippen molar-refractivity contribution >= 4 is 46.4 Å². The van der Waals surface area contributed by atoms with Crippen LogP contribution in [0.2, 0.25) is 0 Å². The van der Waals surface area contributed by atoms with Crippen molar-refractivity contribution < 1.29 is 38.3 Å². The second kappa shape index (κ2) is 8.75. The minimum atomic E-state index is -1.70. The summed E-state index contributed by atoms with van der Waals surface area (Å²) in [6.45, 7) is 0.804. The molecule has 11 nitrogen and oxygen atoms in total. The van der Waals surface area contributed by atoms with Gasteiger partial charge in [-0.3, -0.25) is 18.6 Å². The molecule has 13 heteroatoms. The van der Waals surface area contributed by atoms with Crippen LogP contribution in [0.3, 0.4) is 0 Å². The number of hydrogen-bond donors (Lipinski definition) is 4. The predicted molar refractivity (Wildman–Crippen MR) is 109 cm³/mol. The number of phenolic OH excluding ortho intramolecular Hbond substituents is 1. The van der Waals surface area contributed by atoms with Gasteiger partial charge in [-0.2, -0.15) is 0 Å². The summed E-state index contributed by atoms with van der Waals surface area (Å²) in [4.78, 5) is 49.4. The molecule has 31 heavy (non-hydrogen) atoms. The maximum atomic E-state index is 12.6. The van der Waals surface area contributed by atoms with E-state index in [0.717, 1.165) is 11.8 Å². The van der Waals surface area contributed by atoms with Crippen molar-refractivity contribution in [2.45, 2.75) is 28.5 Å². The van der Waals surface area contributed by atoms with Crippen LogP contribution in [0.25, 0.3) is 0 Å². The maximum Gasteiger partial charge on any atom is 0.404 e. The summed E-state index contributed by atoms with van der Waals surface area (Å²) in [6.07, 6.45) is -1.11. The summed E-state index contributed by atoms with van der Waals surface area (Å²) in [5.41, 5.74) is 3.43. The number of nitrogens with two attached hydrogens (primary N) is 1. The van der Waals surface area contributed by atoms with Crippen molar-refractivity contribution in [2.75, 3.05) is 18.9 Å². The number of amides is 3. The Labute approximate surface area is 183 Å². The average Bonchev–Trinajstić information content (AvgIpc) is 2.74. The lowest BCUT2D eigenvalue weighted by Gasteiger charge is -2.53. The zero-order chi connectivity index (χ0) is 22.9. The quantitative estimate of drug-likeness (QED) is 0.380. The highest BCUT2D eigenvalue weighted by Gasteiger charge is 2.58. The van der Waals surface area contributed by atoms with Crippen molar-refractivity contribution in [1.29, 1.82) is 0 Å². The molecular formula is C18H21N3O8S2. The van der Waals surface area contributed by atoms with Gasteiger partial charge < -0.3 is 30.9 Å². The minimum absolute atomic E-state index is 0.00556. The van der Waals surface area contributed by atoms with Gasteiger partial charge in [0.1, 0.15) is 34.4 Å². The molecule has 0 bridgehead atoms. The molecule has 2 saturated heterocycles. The third-order valence-electron chi connectivity index (χ3n) is 5.15. The van der Waals surface area contributed by atoms with Gasteiger partial charge >= 0.3 is 12.1 Å². The normalized spacial score (nSPS) is 26.7. The zero-order valence-corrected chi connectivity index (χ0v) is 18.0. The van der Waals surface area contributed by atoms with Crippen LogP contribution in [0.5, 0.6) is 5.75 Å². The molecule has 1 aromatic rings. The van der Waals surface area contributed by atoms with E-state index in [-0.39, 0.29) is 18.0 Å². The van der Waals surface area contributed by atoms with Gasteiger partial charge in [0.2, 0.25) is 11.8 Å². The molecule has 2 fully saturated rings. The fourth-order valence-electron chi connectivity index (χ4n) is 3.27. The Morgan fingerprint density at radius 3 is 2.61 bits per heavy atom. The van der Waals surface area contributed by atoms with Crippen LogP contribution in [0, 0.1) is 5.41 Å². The molecule has 2 heterocycles. The van der Waals surface area contributed by atoms with E-state index in [1.165, 1.54) is 36.1 Å². The number of hydrogen-bond acceptors (Lipinski definition) is 8. The maximum absolute atomic E-state index is 12.6. The van der Waals surface area contributed by atoms with Crippen LogP contribution >= 0.6 is 11.8 Å². The molecule has 1 aromatic carbocycles. The summed E-state index contributed by atoms with van der Waals surface area (Å²) < 4.78 is 17.3. The number of carbonyl (C=O) groups is 4. The van der Waals surface area contributed by atoms with Crippen molar-refractivity contribution in [3.8, 4) is 5.75 Å². The van der Waals surface area contributed by atoms with E-state index in [0.29, 0.717) is 4.90 Å². The van der Waals surface area contributed by atoms with Crippen LogP contribution in [0.4, 0.5) is 4.79 Å². The summed E-state index contributed by atoms with van der Waals surface area (Å²) in [6, 6.07) is 4.74. The molecule has 2 aliphatic heterocycles. The highest BCUT2D eigenvalue weighted by Crippen LogP contribution is 2.42. The van der Waals surface area contributed by atoms with Crippen LogP contribution in [-0.4, -0.2) is 78.8 Å². The smallest absolute Gasteiger partial charge is 0.404 e. The third kappa shape index (κ3) is 4.46. The number of fused-ring (bicyclic) bond motifs is 1. The summed E-state index contributed by atoms with van der Waals surface area (Å²) >= 11 is 1.15. The van der Waals surface area contributed by atoms with E-state index in [4.69, 9.17) is 5.73 Å². The van der Waals surface area contributed by atoms with E-state index in [1.807, 2.05) is 0 Å². The Morgan fingerprint density at radius 2 is 2.03 bits per heavy atom. The Bertz CT molecular complexity index is 940. The molecule has 4 unspecified atom stereocenters. The lowest BCUT2D eigenvalue weighted by atomic mass is 9.88. The molecule has 0 aliphatic carbocycles. The van der Waals surface area contributed by atoms with Gasteiger partial charge in [0.05, 0.1) is 10.8 Å². The molecule has 5 N–H and O–H groups in total. The van der Waals surface area contributed by atoms with Gasteiger partial charge in [-0.15, -0.1) is 11.8 Å². The second-order valence-electron chi connectivity index (χ2n) is 7.28. The number of carboxylic acids is 1. The number of nitrogens with zero attached hydrogens (tertiary/aromatic N) is 1. The number of aromatic hydroxyl groups is 1. The number of ether oxygens (including phenoxy) is 1. The fraction of sp³-hybridized carbons (Fsp3) is 0.444. The number of rotatable bonds is 7. The van der Waals surface area contributed by atoms with Crippen molar-refractivity contribution in [3.05, 3.63) is 24.3 Å². The molecule has 0 spiro atoms. The minimum Gasteiger partial charge on any atom is -0.508 e. The molecule has 5 atom stereocenters. The number of aliphatic carboxylic acids is 1. The molecule has 2 aliphatic rings. The van der Waals surface area contributed by atoms with Crippen LogP contribution in [0.1, 0.15) is 6.92 Å². The van der Waals surface area contributed by atoms with E-state index < -0.39 is 63.4 Å². The first-order valence-corrected chi connectivity index (χ1v) is 11.4. The van der Waals surface area contributed by atoms with Gasteiger partial charge in [-0.05, 0) is 31.2 Å². The topological polar surface area (TPSA) is 176 Å². The largest absolute Gasteiger partial charge is 0.508 e. The molecule has 168 valence electrons. The number of thioether (sulfide) groups is 1. The molecule has 0 radical (unpaired) electrons. The first-order valence-electron chi connectivity index (χ1n) is 9.13. The summed E-state index contributed by atoms with van der Waals surface area (Å²) in [5.74, 6) is -2.23. The first kappa shape index (κ1) is 22.9. The molecule has 3 rings (SSSR count).